The molecule has 0 bridgehead atoms. The summed E-state index contributed by atoms with van der Waals surface area (Å²) in [6.07, 6.45) is 26.9. The summed E-state index contributed by atoms with van der Waals surface area (Å²) in [7, 11) is 6.82. The Bertz CT molecular complexity index is 374. The number of hydrogen-bond donors (Lipinski definition) is 0. The number of hydrogen-bond acceptors (Lipinski definition) is 3. The first-order chi connectivity index (χ1) is 15.0. The van der Waals surface area contributed by atoms with Gasteiger partial charge in [0.2, 0.25) is 0 Å². The van der Waals surface area contributed by atoms with Gasteiger partial charge in [-0.15, -0.1) is 0 Å². The minimum Gasteiger partial charge on any atom is -1.00 e. The molecule has 0 saturated carbocycles. The lowest BCUT2D eigenvalue weighted by molar-refractivity contribution is -0.819. The average molecular weight is 496 g/mol. The third-order valence-electron chi connectivity index (χ3n) is 6.84. The predicted molar refractivity (Wildman–Crippen MR) is 137 cm³/mol. The summed E-state index contributed by atoms with van der Waals surface area (Å²) in [5.41, 5.74) is 0. The van der Waals surface area contributed by atoms with Gasteiger partial charge >= 0.3 is 8.97 Å². The lowest BCUT2D eigenvalue weighted by Gasteiger charge is -2.39. The minimum atomic E-state index is -2.62. The molecule has 0 spiro atoms. The van der Waals surface area contributed by atoms with Crippen molar-refractivity contribution in [2.75, 3.05) is 42.0 Å². The molecule has 0 heterocycles. The Hall–Kier alpha value is 0.347. The van der Waals surface area contributed by atoms with Crippen molar-refractivity contribution in [3.63, 3.8) is 0 Å². The standard InChI is InChI=1S/C26H58NO3Si.ClH/c1-7-8-9-10-11-12-13-14-15-16-17-18-19-20-21-22-23-24-25-26-27(2,3)31(28-4,29-5)30-6;/h7-26H2,1-6H3;1H/q+1;/p-1. The van der Waals surface area contributed by atoms with Crippen LogP contribution >= 0.6 is 0 Å². The van der Waals surface area contributed by atoms with Gasteiger partial charge in [-0.3, -0.25) is 0 Å². The summed E-state index contributed by atoms with van der Waals surface area (Å²) in [5.74, 6) is 0. The van der Waals surface area contributed by atoms with Gasteiger partial charge in [-0.1, -0.05) is 116 Å². The van der Waals surface area contributed by atoms with Crippen LogP contribution in [0, 0.1) is 0 Å². The molecule has 0 aromatic rings. The third kappa shape index (κ3) is 16.1. The smallest absolute Gasteiger partial charge is 0.783 e. The van der Waals surface area contributed by atoms with E-state index in [1.165, 1.54) is 122 Å². The minimum absolute atomic E-state index is 0. The van der Waals surface area contributed by atoms with Crippen LogP contribution in [0.2, 0.25) is 0 Å². The molecule has 0 saturated heterocycles. The van der Waals surface area contributed by atoms with Crippen LogP contribution in [0.4, 0.5) is 0 Å². The Morgan fingerprint density at radius 3 is 0.969 bits per heavy atom. The molecule has 196 valence electrons. The van der Waals surface area contributed by atoms with E-state index in [2.05, 4.69) is 21.0 Å². The first-order valence-electron chi connectivity index (χ1n) is 13.5. The molecule has 0 aliphatic carbocycles. The van der Waals surface area contributed by atoms with E-state index >= 15 is 0 Å². The monoisotopic (exact) mass is 495 g/mol. The maximum Gasteiger partial charge on any atom is 0.783 e. The second kappa shape index (κ2) is 23.1. The Labute approximate surface area is 209 Å². The van der Waals surface area contributed by atoms with E-state index in [0.717, 1.165) is 6.54 Å². The Morgan fingerprint density at radius 2 is 0.719 bits per heavy atom. The van der Waals surface area contributed by atoms with Crippen LogP contribution in [0.3, 0.4) is 0 Å². The van der Waals surface area contributed by atoms with Gasteiger partial charge in [0.1, 0.15) is 0 Å². The summed E-state index contributed by atoms with van der Waals surface area (Å²) in [4.78, 5) is 0. The summed E-state index contributed by atoms with van der Waals surface area (Å²) in [6, 6.07) is 0. The molecular weight excluding hydrogens is 438 g/mol. The van der Waals surface area contributed by atoms with Crippen molar-refractivity contribution in [3.8, 4) is 0 Å². The Kier molecular flexibility index (Phi) is 24.9. The van der Waals surface area contributed by atoms with E-state index in [1.807, 2.05) is 0 Å². The van der Waals surface area contributed by atoms with Gasteiger partial charge in [-0.25, -0.2) is 0 Å². The topological polar surface area (TPSA) is 27.7 Å². The van der Waals surface area contributed by atoms with E-state index in [-0.39, 0.29) is 12.4 Å². The van der Waals surface area contributed by atoms with E-state index < -0.39 is 8.97 Å². The van der Waals surface area contributed by atoms with Crippen LogP contribution in [0.25, 0.3) is 0 Å². The largest absolute Gasteiger partial charge is 1.00 e. The summed E-state index contributed by atoms with van der Waals surface area (Å²) in [6.45, 7) is 3.34. The molecule has 0 aromatic heterocycles. The van der Waals surface area contributed by atoms with E-state index in [0.29, 0.717) is 4.15 Å². The van der Waals surface area contributed by atoms with Crippen LogP contribution in [-0.2, 0) is 13.3 Å². The highest BCUT2D eigenvalue weighted by atomic mass is 35.5. The quantitative estimate of drug-likeness (QED) is 0.141. The van der Waals surface area contributed by atoms with Crippen molar-refractivity contribution < 1.29 is 29.8 Å². The third-order valence-corrected chi connectivity index (χ3v) is 10.1. The molecule has 0 atom stereocenters. The number of unbranched alkanes of at least 4 members (excludes halogenated alkanes) is 18. The molecular formula is C26H58ClNO3Si. The van der Waals surface area contributed by atoms with Crippen molar-refractivity contribution in [3.05, 3.63) is 0 Å². The number of nitrogens with zero attached hydrogens (tertiary/aromatic N) is 1. The summed E-state index contributed by atoms with van der Waals surface area (Å²) < 4.78 is 17.7. The second-order valence-electron chi connectivity index (χ2n) is 9.91. The number of quaternary nitrogens is 1. The van der Waals surface area contributed by atoms with Crippen LogP contribution in [0.15, 0.2) is 0 Å². The van der Waals surface area contributed by atoms with Gasteiger partial charge in [0, 0.05) is 21.3 Å². The molecule has 0 aliphatic rings. The Morgan fingerprint density at radius 1 is 0.469 bits per heavy atom. The zero-order chi connectivity index (χ0) is 23.3. The lowest BCUT2D eigenvalue weighted by Crippen LogP contribution is -3.00. The zero-order valence-electron chi connectivity index (χ0n) is 22.7. The highest BCUT2D eigenvalue weighted by Crippen LogP contribution is 2.20. The predicted octanol–water partition coefficient (Wildman–Crippen LogP) is 4.87. The molecule has 0 fully saturated rings. The van der Waals surface area contributed by atoms with Gasteiger partial charge in [-0.05, 0) is 12.8 Å². The first kappa shape index (κ1) is 34.5. The fourth-order valence-corrected chi connectivity index (χ4v) is 7.13. The lowest BCUT2D eigenvalue weighted by atomic mass is 10.0. The zero-order valence-corrected chi connectivity index (χ0v) is 24.4. The highest BCUT2D eigenvalue weighted by Gasteiger charge is 2.59. The molecule has 0 aliphatic heterocycles. The molecule has 6 heteroatoms. The molecule has 0 amide bonds. The maximum atomic E-state index is 5.66. The van der Waals surface area contributed by atoms with Crippen LogP contribution in [0.1, 0.15) is 129 Å². The van der Waals surface area contributed by atoms with Gasteiger partial charge in [0.05, 0.1) is 20.6 Å². The van der Waals surface area contributed by atoms with Gasteiger partial charge in [0.15, 0.2) is 0 Å². The van der Waals surface area contributed by atoms with Gasteiger partial charge < -0.3 is 29.8 Å². The first-order valence-corrected chi connectivity index (χ1v) is 15.2. The molecule has 0 N–H and O–H groups in total. The molecule has 0 rings (SSSR count). The van der Waals surface area contributed by atoms with Gasteiger partial charge in [-0.2, -0.15) is 0 Å². The number of rotatable bonds is 24. The molecule has 32 heavy (non-hydrogen) atoms. The van der Waals surface area contributed by atoms with Crippen LogP contribution < -0.4 is 12.4 Å². The van der Waals surface area contributed by atoms with Crippen LogP contribution in [-0.4, -0.2) is 55.1 Å². The van der Waals surface area contributed by atoms with E-state index in [4.69, 9.17) is 13.3 Å². The van der Waals surface area contributed by atoms with Crippen molar-refractivity contribution in [1.29, 1.82) is 0 Å². The molecule has 0 radical (unpaired) electrons. The SMILES string of the molecule is CCCCCCCCCCCCCCCCCCCCC[N+](C)(C)[Si](OC)(OC)OC.[Cl-]. The maximum absolute atomic E-state index is 5.66. The van der Waals surface area contributed by atoms with Crippen molar-refractivity contribution in [1.82, 2.24) is 0 Å². The summed E-state index contributed by atoms with van der Waals surface area (Å²) in [5, 5.41) is 0. The normalized spacial score (nSPS) is 12.2. The second-order valence-corrected chi connectivity index (χ2v) is 13.4. The average Bonchev–Trinajstić information content (AvgIpc) is 2.76. The van der Waals surface area contributed by atoms with E-state index in [1.54, 1.807) is 21.3 Å². The van der Waals surface area contributed by atoms with Crippen LogP contribution in [0.5, 0.6) is 0 Å². The number of halogens is 1. The van der Waals surface area contributed by atoms with Gasteiger partial charge in [0.25, 0.3) is 0 Å². The summed E-state index contributed by atoms with van der Waals surface area (Å²) >= 11 is 0. The Balaban J connectivity index is 0. The van der Waals surface area contributed by atoms with Crippen molar-refractivity contribution in [2.24, 2.45) is 0 Å². The molecule has 0 unspecified atom stereocenters. The van der Waals surface area contributed by atoms with E-state index in [9.17, 15) is 0 Å². The molecule has 4 nitrogen and oxygen atoms in total. The fraction of sp³-hybridized carbons (Fsp3) is 1.00. The highest BCUT2D eigenvalue weighted by molar-refractivity contribution is 6.52. The van der Waals surface area contributed by atoms with Crippen molar-refractivity contribution in [2.45, 2.75) is 129 Å². The van der Waals surface area contributed by atoms with Crippen molar-refractivity contribution >= 4 is 8.97 Å². The molecule has 0 aromatic carbocycles. The fourth-order valence-electron chi connectivity index (χ4n) is 4.71.